The van der Waals surface area contributed by atoms with Crippen molar-refractivity contribution in [1.29, 1.82) is 0 Å². The van der Waals surface area contributed by atoms with Gasteiger partial charge in [0.1, 0.15) is 5.75 Å². The molecule has 24 heavy (non-hydrogen) atoms. The van der Waals surface area contributed by atoms with Gasteiger partial charge in [0.15, 0.2) is 6.61 Å². The molecule has 1 unspecified atom stereocenters. The van der Waals surface area contributed by atoms with Crippen LogP contribution < -0.4 is 10.1 Å². The van der Waals surface area contributed by atoms with Crippen molar-refractivity contribution in [3.05, 3.63) is 50.6 Å². The topological polar surface area (TPSA) is 64.6 Å². The number of carbonyl (C=O) groups excluding carboxylic acids is 2. The summed E-state index contributed by atoms with van der Waals surface area (Å²) in [4.78, 5) is 24.5. The minimum Gasteiger partial charge on any atom is -0.482 e. The van der Waals surface area contributed by atoms with Gasteiger partial charge in [-0.25, -0.2) is 0 Å². The lowest BCUT2D eigenvalue weighted by Gasteiger charge is -2.17. The number of methoxy groups -OCH3 is 1. The lowest BCUT2D eigenvalue weighted by atomic mass is 10.1. The Balaban J connectivity index is 1.97. The van der Waals surface area contributed by atoms with Crippen LogP contribution in [0.4, 0.5) is 0 Å². The number of benzene rings is 1. The number of hydrogen-bond acceptors (Lipinski definition) is 5. The number of nitrogens with one attached hydrogen (secondary N) is 1. The van der Waals surface area contributed by atoms with Gasteiger partial charge in [-0.3, -0.25) is 9.59 Å². The summed E-state index contributed by atoms with van der Waals surface area (Å²) in [7, 11) is 1.31. The Kier molecular flexibility index (Phi) is 6.90. The van der Waals surface area contributed by atoms with Gasteiger partial charge in [-0.1, -0.05) is 29.3 Å². The van der Waals surface area contributed by atoms with Gasteiger partial charge in [0.05, 0.1) is 24.6 Å². The van der Waals surface area contributed by atoms with Crippen molar-refractivity contribution >= 4 is 46.4 Å². The quantitative estimate of drug-likeness (QED) is 0.732. The summed E-state index contributed by atoms with van der Waals surface area (Å²) in [5.41, 5.74) is 0. The van der Waals surface area contributed by atoms with Crippen LogP contribution in [0.5, 0.6) is 5.75 Å². The molecule has 0 aliphatic rings. The molecule has 0 spiro atoms. The maximum atomic E-state index is 12.1. The summed E-state index contributed by atoms with van der Waals surface area (Å²) in [6.45, 7) is -0.247. The molecule has 0 radical (unpaired) electrons. The summed E-state index contributed by atoms with van der Waals surface area (Å²) in [5, 5.41) is 5.44. The summed E-state index contributed by atoms with van der Waals surface area (Å²) in [6, 6.07) is 7.96. The molecule has 2 aromatic rings. The standard InChI is InChI=1S/C16H15Cl2NO4S/c1-22-16(21)8-12(14-3-2-6-24-14)19-15(20)9-23-13-7-10(17)4-5-11(13)18/h2-7,12H,8-9H2,1H3,(H,19,20). The van der Waals surface area contributed by atoms with Gasteiger partial charge in [0.2, 0.25) is 0 Å². The Morgan fingerprint density at radius 3 is 2.75 bits per heavy atom. The lowest BCUT2D eigenvalue weighted by molar-refractivity contribution is -0.141. The van der Waals surface area contributed by atoms with Crippen LogP contribution in [0.2, 0.25) is 10.0 Å². The van der Waals surface area contributed by atoms with Crippen LogP contribution in [0, 0.1) is 0 Å². The van der Waals surface area contributed by atoms with Gasteiger partial charge in [0, 0.05) is 16.0 Å². The highest BCUT2D eigenvalue weighted by Gasteiger charge is 2.20. The van der Waals surface area contributed by atoms with Crippen LogP contribution in [0.3, 0.4) is 0 Å². The number of thiophene rings is 1. The number of ether oxygens (including phenoxy) is 2. The van der Waals surface area contributed by atoms with Crippen LogP contribution in [0.15, 0.2) is 35.7 Å². The van der Waals surface area contributed by atoms with Crippen molar-refractivity contribution in [2.24, 2.45) is 0 Å². The van der Waals surface area contributed by atoms with E-state index in [4.69, 9.17) is 27.9 Å². The predicted octanol–water partition coefficient (Wildman–Crippen LogP) is 3.85. The third kappa shape index (κ3) is 5.40. The minimum atomic E-state index is -0.469. The SMILES string of the molecule is COC(=O)CC(NC(=O)COc1cc(Cl)ccc1Cl)c1cccs1. The normalized spacial score (nSPS) is 11.6. The molecule has 2 rings (SSSR count). The van der Waals surface area contributed by atoms with Crippen LogP contribution in [0.25, 0.3) is 0 Å². The van der Waals surface area contributed by atoms with Crippen LogP contribution in [-0.2, 0) is 14.3 Å². The van der Waals surface area contributed by atoms with Crippen molar-refractivity contribution in [3.8, 4) is 5.75 Å². The second-order valence-electron chi connectivity index (χ2n) is 4.78. The number of halogens is 2. The van der Waals surface area contributed by atoms with E-state index >= 15 is 0 Å². The number of hydrogen-bond donors (Lipinski definition) is 1. The molecule has 128 valence electrons. The third-order valence-electron chi connectivity index (χ3n) is 3.07. The zero-order chi connectivity index (χ0) is 17.5. The van der Waals surface area contributed by atoms with E-state index in [0.29, 0.717) is 15.8 Å². The molecule has 1 aromatic heterocycles. The molecule has 0 fully saturated rings. The maximum Gasteiger partial charge on any atom is 0.307 e. The van der Waals surface area contributed by atoms with E-state index in [1.807, 2.05) is 17.5 Å². The fourth-order valence-electron chi connectivity index (χ4n) is 1.93. The first kappa shape index (κ1) is 18.6. The molecule has 0 aliphatic heterocycles. The van der Waals surface area contributed by atoms with Gasteiger partial charge in [-0.15, -0.1) is 11.3 Å². The molecule has 5 nitrogen and oxygen atoms in total. The van der Waals surface area contributed by atoms with Gasteiger partial charge in [0.25, 0.3) is 5.91 Å². The molecular formula is C16H15Cl2NO4S. The molecule has 0 aliphatic carbocycles. The van der Waals surface area contributed by atoms with E-state index in [0.717, 1.165) is 4.88 Å². The Morgan fingerprint density at radius 1 is 1.29 bits per heavy atom. The van der Waals surface area contributed by atoms with Gasteiger partial charge < -0.3 is 14.8 Å². The Hall–Kier alpha value is -1.76. The molecule has 0 bridgehead atoms. The second kappa shape index (κ2) is 8.92. The van der Waals surface area contributed by atoms with Gasteiger partial charge >= 0.3 is 5.97 Å². The average molecular weight is 388 g/mol. The molecular weight excluding hydrogens is 373 g/mol. The monoisotopic (exact) mass is 387 g/mol. The largest absolute Gasteiger partial charge is 0.482 e. The first-order valence-electron chi connectivity index (χ1n) is 6.97. The lowest BCUT2D eigenvalue weighted by Crippen LogP contribution is -2.33. The Labute approximate surface area is 153 Å². The van der Waals surface area contributed by atoms with Crippen LogP contribution in [-0.4, -0.2) is 25.6 Å². The summed E-state index contributed by atoms with van der Waals surface area (Å²) >= 11 is 13.3. The first-order chi connectivity index (χ1) is 11.5. The highest BCUT2D eigenvalue weighted by Crippen LogP contribution is 2.28. The fourth-order valence-corrected chi connectivity index (χ4v) is 3.04. The van der Waals surface area contributed by atoms with E-state index in [1.54, 1.807) is 12.1 Å². The van der Waals surface area contributed by atoms with Crippen molar-refractivity contribution < 1.29 is 19.1 Å². The van der Waals surface area contributed by atoms with E-state index in [1.165, 1.54) is 24.5 Å². The van der Waals surface area contributed by atoms with E-state index in [9.17, 15) is 9.59 Å². The second-order valence-corrected chi connectivity index (χ2v) is 6.60. The minimum absolute atomic E-state index is 0.0423. The molecule has 1 amide bonds. The Morgan fingerprint density at radius 2 is 2.08 bits per heavy atom. The van der Waals surface area contributed by atoms with Crippen molar-refractivity contribution in [1.82, 2.24) is 5.32 Å². The smallest absolute Gasteiger partial charge is 0.307 e. The van der Waals surface area contributed by atoms with Gasteiger partial charge in [-0.05, 0) is 23.6 Å². The average Bonchev–Trinajstić information content (AvgIpc) is 3.09. The van der Waals surface area contributed by atoms with Crippen LogP contribution in [0.1, 0.15) is 17.3 Å². The van der Waals surface area contributed by atoms with Crippen molar-refractivity contribution in [3.63, 3.8) is 0 Å². The highest BCUT2D eigenvalue weighted by molar-refractivity contribution is 7.10. The number of carbonyl (C=O) groups is 2. The molecule has 1 N–H and O–H groups in total. The summed E-state index contributed by atoms with van der Waals surface area (Å²) in [6.07, 6.45) is 0.0423. The molecule has 1 atom stereocenters. The fraction of sp³-hybridized carbons (Fsp3) is 0.250. The molecule has 8 heteroatoms. The molecule has 1 aromatic carbocycles. The summed E-state index contributed by atoms with van der Waals surface area (Å²) < 4.78 is 10.1. The first-order valence-corrected chi connectivity index (χ1v) is 8.60. The molecule has 0 saturated heterocycles. The summed E-state index contributed by atoms with van der Waals surface area (Å²) in [5.74, 6) is -0.471. The van der Waals surface area contributed by atoms with E-state index < -0.39 is 12.0 Å². The van der Waals surface area contributed by atoms with Crippen molar-refractivity contribution in [2.75, 3.05) is 13.7 Å². The predicted molar refractivity (Wildman–Crippen MR) is 93.8 cm³/mol. The maximum absolute atomic E-state index is 12.1. The zero-order valence-electron chi connectivity index (χ0n) is 12.8. The van der Waals surface area contributed by atoms with Gasteiger partial charge in [-0.2, -0.15) is 0 Å². The van der Waals surface area contributed by atoms with Crippen LogP contribution >= 0.6 is 34.5 Å². The number of rotatable bonds is 7. The van der Waals surface area contributed by atoms with Crippen molar-refractivity contribution in [2.45, 2.75) is 12.5 Å². The third-order valence-corrected chi connectivity index (χ3v) is 4.61. The van der Waals surface area contributed by atoms with E-state index in [2.05, 4.69) is 10.1 Å². The molecule has 0 saturated carbocycles. The van der Waals surface area contributed by atoms with E-state index in [-0.39, 0.29) is 18.9 Å². The highest BCUT2D eigenvalue weighted by atomic mass is 35.5. The Bertz CT molecular complexity index is 706. The number of esters is 1. The molecule has 1 heterocycles. The zero-order valence-corrected chi connectivity index (χ0v) is 15.1. The number of amides is 1.